The van der Waals surface area contributed by atoms with Crippen molar-refractivity contribution in [2.75, 3.05) is 5.32 Å². The molecule has 5 heteroatoms. The van der Waals surface area contributed by atoms with E-state index < -0.39 is 0 Å². The lowest BCUT2D eigenvalue weighted by Crippen LogP contribution is -2.11. The first-order valence-electron chi connectivity index (χ1n) is 9.38. The zero-order valence-electron chi connectivity index (χ0n) is 15.3. The molecule has 0 amide bonds. The van der Waals surface area contributed by atoms with E-state index in [0.717, 1.165) is 27.4 Å². The van der Waals surface area contributed by atoms with Crippen LogP contribution in [0.4, 0.5) is 10.2 Å². The molecule has 0 atom stereocenters. The van der Waals surface area contributed by atoms with E-state index in [1.54, 1.807) is 11.3 Å². The summed E-state index contributed by atoms with van der Waals surface area (Å²) in [6.45, 7) is 4.91. The molecule has 3 nitrogen and oxygen atoms in total. The largest absolute Gasteiger partial charge is 0.365 e. The molecular weight excluding hydrogens is 345 g/mol. The van der Waals surface area contributed by atoms with E-state index in [9.17, 15) is 4.39 Å². The van der Waals surface area contributed by atoms with Crippen molar-refractivity contribution in [3.05, 3.63) is 51.9 Å². The predicted octanol–water partition coefficient (Wildman–Crippen LogP) is 6.11. The fourth-order valence-electron chi connectivity index (χ4n) is 3.73. The molecule has 2 aromatic heterocycles. The summed E-state index contributed by atoms with van der Waals surface area (Å²) in [6, 6.07) is 6.63. The Kier molecular flexibility index (Phi) is 4.90. The number of nitrogens with zero attached hydrogens (tertiary/aromatic N) is 2. The highest BCUT2D eigenvalue weighted by Gasteiger charge is 2.22. The summed E-state index contributed by atoms with van der Waals surface area (Å²) >= 11 is 1.75. The van der Waals surface area contributed by atoms with Gasteiger partial charge in [0.15, 0.2) is 0 Å². The lowest BCUT2D eigenvalue weighted by molar-refractivity contribution is 0.430. The molecule has 1 saturated carbocycles. The third-order valence-electron chi connectivity index (χ3n) is 5.39. The number of thiophene rings is 1. The van der Waals surface area contributed by atoms with Gasteiger partial charge in [-0.1, -0.05) is 31.4 Å². The highest BCUT2D eigenvalue weighted by atomic mass is 32.1. The van der Waals surface area contributed by atoms with Crippen LogP contribution in [-0.2, 0) is 6.54 Å². The minimum atomic E-state index is -0.206. The Morgan fingerprint density at radius 3 is 2.54 bits per heavy atom. The van der Waals surface area contributed by atoms with Crippen LogP contribution in [0.25, 0.3) is 10.2 Å². The van der Waals surface area contributed by atoms with Crippen LogP contribution in [0, 0.1) is 19.7 Å². The Labute approximate surface area is 157 Å². The van der Waals surface area contributed by atoms with Crippen LogP contribution in [0.2, 0.25) is 0 Å². The number of aromatic nitrogens is 2. The first-order chi connectivity index (χ1) is 12.6. The molecule has 0 spiro atoms. The van der Waals surface area contributed by atoms with Crippen LogP contribution in [-0.4, -0.2) is 9.97 Å². The van der Waals surface area contributed by atoms with Gasteiger partial charge in [0.25, 0.3) is 0 Å². The van der Waals surface area contributed by atoms with Crippen LogP contribution in [0.15, 0.2) is 24.3 Å². The molecule has 0 unspecified atom stereocenters. The van der Waals surface area contributed by atoms with Crippen molar-refractivity contribution >= 4 is 27.4 Å². The summed E-state index contributed by atoms with van der Waals surface area (Å²) < 4.78 is 13.1. The smallest absolute Gasteiger partial charge is 0.139 e. The Morgan fingerprint density at radius 2 is 1.81 bits per heavy atom. The van der Waals surface area contributed by atoms with Crippen LogP contribution in [0.5, 0.6) is 0 Å². The van der Waals surface area contributed by atoms with Gasteiger partial charge in [0, 0.05) is 17.3 Å². The molecule has 1 fully saturated rings. The van der Waals surface area contributed by atoms with Crippen molar-refractivity contribution in [1.29, 1.82) is 0 Å². The number of hydrogen-bond donors (Lipinski definition) is 1. The Hall–Kier alpha value is -2.01. The van der Waals surface area contributed by atoms with Gasteiger partial charge in [0.2, 0.25) is 0 Å². The monoisotopic (exact) mass is 369 g/mol. The van der Waals surface area contributed by atoms with E-state index in [2.05, 4.69) is 19.2 Å². The maximum Gasteiger partial charge on any atom is 0.139 e. The van der Waals surface area contributed by atoms with Gasteiger partial charge in [0.05, 0.1) is 5.39 Å². The van der Waals surface area contributed by atoms with Crippen molar-refractivity contribution in [3.8, 4) is 0 Å². The number of rotatable bonds is 4. The van der Waals surface area contributed by atoms with Crippen molar-refractivity contribution in [1.82, 2.24) is 9.97 Å². The molecule has 2 heterocycles. The summed E-state index contributed by atoms with van der Waals surface area (Å²) in [6.07, 6.45) is 6.24. The van der Waals surface area contributed by atoms with Gasteiger partial charge in [-0.25, -0.2) is 14.4 Å². The van der Waals surface area contributed by atoms with Gasteiger partial charge in [-0.2, -0.15) is 0 Å². The van der Waals surface area contributed by atoms with Gasteiger partial charge in [0.1, 0.15) is 22.3 Å². The minimum absolute atomic E-state index is 0.206. The van der Waals surface area contributed by atoms with Gasteiger partial charge in [-0.3, -0.25) is 0 Å². The summed E-state index contributed by atoms with van der Waals surface area (Å²) in [5, 5.41) is 4.62. The molecule has 26 heavy (non-hydrogen) atoms. The second-order valence-electron chi connectivity index (χ2n) is 7.21. The molecule has 1 aromatic carbocycles. The summed E-state index contributed by atoms with van der Waals surface area (Å²) in [7, 11) is 0. The minimum Gasteiger partial charge on any atom is -0.365 e. The fraction of sp³-hybridized carbons (Fsp3) is 0.429. The molecule has 136 valence electrons. The number of halogens is 1. The molecule has 1 aliphatic rings. The lowest BCUT2D eigenvalue weighted by atomic mass is 9.88. The van der Waals surface area contributed by atoms with Crippen LogP contribution in [0.3, 0.4) is 0 Å². The second-order valence-corrected chi connectivity index (χ2v) is 8.41. The topological polar surface area (TPSA) is 37.8 Å². The number of hydrogen-bond acceptors (Lipinski definition) is 4. The van der Waals surface area contributed by atoms with E-state index in [1.165, 1.54) is 54.7 Å². The standard InChI is InChI=1S/C21H24FN3S/c1-13-14(2)26-21-18(13)20(23-12-15-8-10-17(22)11-9-15)24-19(25-21)16-6-4-3-5-7-16/h8-11,16H,3-7,12H2,1-2H3,(H,23,24,25). The number of nitrogens with one attached hydrogen (secondary N) is 1. The molecule has 0 saturated heterocycles. The van der Waals surface area contributed by atoms with Gasteiger partial charge in [-0.15, -0.1) is 11.3 Å². The Balaban J connectivity index is 1.69. The van der Waals surface area contributed by atoms with E-state index in [1.807, 2.05) is 12.1 Å². The SMILES string of the molecule is Cc1sc2nc(C3CCCCC3)nc(NCc3ccc(F)cc3)c2c1C. The van der Waals surface area contributed by atoms with Crippen LogP contribution >= 0.6 is 11.3 Å². The average molecular weight is 370 g/mol. The quantitative estimate of drug-likeness (QED) is 0.603. The Bertz CT molecular complexity index is 911. The summed E-state index contributed by atoms with van der Waals surface area (Å²) in [4.78, 5) is 12.2. The van der Waals surface area contributed by atoms with E-state index >= 15 is 0 Å². The fourth-order valence-corrected chi connectivity index (χ4v) is 4.76. The third-order valence-corrected chi connectivity index (χ3v) is 6.49. The summed E-state index contributed by atoms with van der Waals surface area (Å²) in [5.74, 6) is 2.17. The lowest BCUT2D eigenvalue weighted by Gasteiger charge is -2.21. The molecule has 3 aromatic rings. The number of aryl methyl sites for hydroxylation is 2. The molecule has 0 radical (unpaired) electrons. The summed E-state index contributed by atoms with van der Waals surface area (Å²) in [5.41, 5.74) is 2.30. The molecule has 0 aliphatic heterocycles. The van der Waals surface area contributed by atoms with Crippen molar-refractivity contribution in [2.45, 2.75) is 58.4 Å². The van der Waals surface area contributed by atoms with Gasteiger partial charge in [-0.05, 0) is 49.9 Å². The predicted molar refractivity (Wildman–Crippen MR) is 106 cm³/mol. The van der Waals surface area contributed by atoms with Crippen LogP contribution < -0.4 is 5.32 Å². The second kappa shape index (κ2) is 7.31. The van der Waals surface area contributed by atoms with Gasteiger partial charge < -0.3 is 5.32 Å². The maximum atomic E-state index is 13.1. The van der Waals surface area contributed by atoms with Gasteiger partial charge >= 0.3 is 0 Å². The van der Waals surface area contributed by atoms with Crippen LogP contribution in [0.1, 0.15) is 59.9 Å². The number of fused-ring (bicyclic) bond motifs is 1. The first kappa shape index (κ1) is 17.4. The first-order valence-corrected chi connectivity index (χ1v) is 10.2. The number of anilines is 1. The van der Waals surface area contributed by atoms with E-state index in [-0.39, 0.29) is 5.82 Å². The average Bonchev–Trinajstić information content (AvgIpc) is 2.96. The van der Waals surface area contributed by atoms with E-state index in [4.69, 9.17) is 9.97 Å². The molecule has 4 rings (SSSR count). The highest BCUT2D eigenvalue weighted by molar-refractivity contribution is 7.18. The molecule has 1 aliphatic carbocycles. The maximum absolute atomic E-state index is 13.1. The zero-order valence-corrected chi connectivity index (χ0v) is 16.1. The highest BCUT2D eigenvalue weighted by Crippen LogP contribution is 2.37. The number of benzene rings is 1. The van der Waals surface area contributed by atoms with E-state index in [0.29, 0.717) is 12.5 Å². The molecular formula is C21H24FN3S. The van der Waals surface area contributed by atoms with Crippen molar-refractivity contribution in [3.63, 3.8) is 0 Å². The van der Waals surface area contributed by atoms with Crippen molar-refractivity contribution in [2.24, 2.45) is 0 Å². The Morgan fingerprint density at radius 1 is 1.08 bits per heavy atom. The molecule has 1 N–H and O–H groups in total. The molecule has 0 bridgehead atoms. The van der Waals surface area contributed by atoms with Crippen molar-refractivity contribution < 1.29 is 4.39 Å². The zero-order chi connectivity index (χ0) is 18.1. The normalized spacial score (nSPS) is 15.5. The third kappa shape index (κ3) is 3.45.